The molecule has 0 atom stereocenters. The molecule has 1 aliphatic carbocycles. The molecule has 1 aromatic heterocycles. The predicted molar refractivity (Wildman–Crippen MR) is 54.2 cm³/mol. The van der Waals surface area contributed by atoms with E-state index in [0.29, 0.717) is 18.2 Å². The Hall–Kier alpha value is -1.12. The molecule has 0 unspecified atom stereocenters. The van der Waals surface area contributed by atoms with Crippen LogP contribution in [-0.4, -0.2) is 15.3 Å². The average molecular weight is 192 g/mol. The van der Waals surface area contributed by atoms with Crippen molar-refractivity contribution in [2.75, 3.05) is 0 Å². The Balaban J connectivity index is 2.02. The Morgan fingerprint density at radius 1 is 1.64 bits per heavy atom. The quantitative estimate of drug-likeness (QED) is 0.686. The zero-order chi connectivity index (χ0) is 9.97. The monoisotopic (exact) mass is 192 g/mol. The molecule has 1 aromatic rings. The van der Waals surface area contributed by atoms with Crippen LogP contribution in [0.2, 0.25) is 0 Å². The van der Waals surface area contributed by atoms with E-state index in [1.165, 1.54) is 19.3 Å². The molecule has 0 aromatic carbocycles. The van der Waals surface area contributed by atoms with Crippen molar-refractivity contribution in [1.29, 1.82) is 0 Å². The van der Waals surface area contributed by atoms with Gasteiger partial charge in [-0.05, 0) is 25.7 Å². The van der Waals surface area contributed by atoms with Crippen molar-refractivity contribution in [3.8, 4) is 0 Å². The summed E-state index contributed by atoms with van der Waals surface area (Å²) in [6, 6.07) is 0. The van der Waals surface area contributed by atoms with Crippen LogP contribution in [0.15, 0.2) is 12.4 Å². The molecule has 1 saturated carbocycles. The molecule has 0 radical (unpaired) electrons. The molecule has 14 heavy (non-hydrogen) atoms. The Labute approximate surface area is 84.1 Å². The maximum Gasteiger partial charge on any atom is 0.198 e. The Morgan fingerprint density at radius 2 is 2.43 bits per heavy atom. The molecule has 1 heterocycles. The Kier molecular flexibility index (Phi) is 2.66. The first-order chi connectivity index (χ1) is 6.81. The summed E-state index contributed by atoms with van der Waals surface area (Å²) >= 11 is 0. The van der Waals surface area contributed by atoms with Crippen LogP contribution >= 0.6 is 0 Å². The molecule has 0 N–H and O–H groups in total. The summed E-state index contributed by atoms with van der Waals surface area (Å²) < 4.78 is 1.92. The summed E-state index contributed by atoms with van der Waals surface area (Å²) in [7, 11) is 0. The molecule has 3 nitrogen and oxygen atoms in total. The Morgan fingerprint density at radius 3 is 3.00 bits per heavy atom. The largest absolute Gasteiger partial charge is 0.329 e. The maximum absolute atomic E-state index is 11.8. The average Bonchev–Trinajstić information content (AvgIpc) is 2.58. The van der Waals surface area contributed by atoms with Crippen molar-refractivity contribution in [1.82, 2.24) is 9.55 Å². The van der Waals surface area contributed by atoms with Gasteiger partial charge in [0.25, 0.3) is 0 Å². The highest BCUT2D eigenvalue weighted by Gasteiger charge is 2.23. The van der Waals surface area contributed by atoms with Gasteiger partial charge in [-0.25, -0.2) is 4.98 Å². The molecule has 1 fully saturated rings. The minimum atomic E-state index is 0.210. The molecule has 0 saturated heterocycles. The van der Waals surface area contributed by atoms with Gasteiger partial charge in [0.05, 0.1) is 0 Å². The van der Waals surface area contributed by atoms with Gasteiger partial charge in [0.15, 0.2) is 11.6 Å². The smallest absolute Gasteiger partial charge is 0.198 e. The van der Waals surface area contributed by atoms with Crippen LogP contribution in [0.4, 0.5) is 0 Å². The highest BCUT2D eigenvalue weighted by molar-refractivity contribution is 5.93. The number of nitrogens with zero attached hydrogens (tertiary/aromatic N) is 2. The van der Waals surface area contributed by atoms with E-state index in [-0.39, 0.29) is 5.78 Å². The molecular weight excluding hydrogens is 176 g/mol. The summed E-state index contributed by atoms with van der Waals surface area (Å²) in [6.07, 6.45) is 8.00. The second-order valence-electron chi connectivity index (χ2n) is 3.96. The lowest BCUT2D eigenvalue weighted by atomic mass is 9.82. The predicted octanol–water partition coefficient (Wildman–Crippen LogP) is 2.28. The molecule has 76 valence electrons. The number of rotatable bonds is 4. The van der Waals surface area contributed by atoms with E-state index in [0.717, 1.165) is 6.54 Å². The highest BCUT2D eigenvalue weighted by atomic mass is 16.1. The number of hydrogen-bond donors (Lipinski definition) is 0. The molecule has 2 rings (SSSR count). The minimum Gasteiger partial charge on any atom is -0.329 e. The SMILES string of the molecule is CCn1ccnc1C(=O)CC1CCC1. The van der Waals surface area contributed by atoms with Crippen LogP contribution in [0.5, 0.6) is 0 Å². The normalized spacial score (nSPS) is 16.6. The van der Waals surface area contributed by atoms with Crippen molar-refractivity contribution < 1.29 is 4.79 Å². The van der Waals surface area contributed by atoms with Gasteiger partial charge in [0, 0.05) is 25.4 Å². The zero-order valence-electron chi connectivity index (χ0n) is 8.57. The number of Topliss-reactive ketones (excluding diaryl/α,β-unsaturated/α-hetero) is 1. The van der Waals surface area contributed by atoms with Crippen molar-refractivity contribution in [3.63, 3.8) is 0 Å². The highest BCUT2D eigenvalue weighted by Crippen LogP contribution is 2.30. The van der Waals surface area contributed by atoms with E-state index in [1.807, 2.05) is 17.7 Å². The first kappa shape index (κ1) is 9.44. The van der Waals surface area contributed by atoms with E-state index < -0.39 is 0 Å². The number of carbonyl (C=O) groups is 1. The van der Waals surface area contributed by atoms with Gasteiger partial charge in [-0.1, -0.05) is 6.42 Å². The lowest BCUT2D eigenvalue weighted by molar-refractivity contribution is 0.0922. The molecule has 0 amide bonds. The third kappa shape index (κ3) is 1.72. The van der Waals surface area contributed by atoms with Crippen molar-refractivity contribution in [2.24, 2.45) is 5.92 Å². The topological polar surface area (TPSA) is 34.9 Å². The Bertz CT molecular complexity index is 326. The molecule has 3 heteroatoms. The van der Waals surface area contributed by atoms with Crippen molar-refractivity contribution >= 4 is 5.78 Å². The zero-order valence-corrected chi connectivity index (χ0v) is 8.57. The van der Waals surface area contributed by atoms with Gasteiger partial charge in [0.1, 0.15) is 0 Å². The summed E-state index contributed by atoms with van der Waals surface area (Å²) in [5, 5.41) is 0. The van der Waals surface area contributed by atoms with Crippen LogP contribution in [0, 0.1) is 5.92 Å². The molecule has 0 bridgehead atoms. The summed E-state index contributed by atoms with van der Waals surface area (Å²) in [4.78, 5) is 15.9. The lowest BCUT2D eigenvalue weighted by Crippen LogP contribution is -2.18. The van der Waals surface area contributed by atoms with Crippen LogP contribution < -0.4 is 0 Å². The fourth-order valence-electron chi connectivity index (χ4n) is 1.87. The summed E-state index contributed by atoms with van der Waals surface area (Å²) in [6.45, 7) is 2.85. The van der Waals surface area contributed by atoms with Crippen LogP contribution in [0.25, 0.3) is 0 Å². The van der Waals surface area contributed by atoms with Crippen LogP contribution in [0.1, 0.15) is 43.2 Å². The van der Waals surface area contributed by atoms with Gasteiger partial charge in [-0.2, -0.15) is 0 Å². The fourth-order valence-corrected chi connectivity index (χ4v) is 1.87. The van der Waals surface area contributed by atoms with Gasteiger partial charge >= 0.3 is 0 Å². The summed E-state index contributed by atoms with van der Waals surface area (Å²) in [5.41, 5.74) is 0. The molecular formula is C11H16N2O. The van der Waals surface area contributed by atoms with Crippen LogP contribution in [0.3, 0.4) is 0 Å². The van der Waals surface area contributed by atoms with Gasteiger partial charge in [-0.15, -0.1) is 0 Å². The maximum atomic E-state index is 11.8. The van der Waals surface area contributed by atoms with Crippen LogP contribution in [-0.2, 0) is 6.54 Å². The van der Waals surface area contributed by atoms with E-state index in [2.05, 4.69) is 4.98 Å². The third-order valence-electron chi connectivity index (χ3n) is 3.00. The number of carbonyl (C=O) groups excluding carboxylic acids is 1. The second kappa shape index (κ2) is 3.95. The van der Waals surface area contributed by atoms with Gasteiger partial charge in [-0.3, -0.25) is 4.79 Å². The first-order valence-corrected chi connectivity index (χ1v) is 5.35. The number of hydrogen-bond acceptors (Lipinski definition) is 2. The fraction of sp³-hybridized carbons (Fsp3) is 0.636. The number of imidazole rings is 1. The van der Waals surface area contributed by atoms with Crippen molar-refractivity contribution in [3.05, 3.63) is 18.2 Å². The van der Waals surface area contributed by atoms with Crippen molar-refractivity contribution in [2.45, 2.75) is 39.2 Å². The standard InChI is InChI=1S/C11H16N2O/c1-2-13-7-6-12-11(13)10(14)8-9-4-3-5-9/h6-7,9H,2-5,8H2,1H3. The van der Waals surface area contributed by atoms with Gasteiger partial charge < -0.3 is 4.57 Å². The molecule has 0 aliphatic heterocycles. The first-order valence-electron chi connectivity index (χ1n) is 5.35. The van der Waals surface area contributed by atoms with E-state index in [9.17, 15) is 4.79 Å². The number of aryl methyl sites for hydroxylation is 1. The summed E-state index contributed by atoms with van der Waals surface area (Å²) in [5.74, 6) is 1.48. The van der Waals surface area contributed by atoms with E-state index >= 15 is 0 Å². The number of aromatic nitrogens is 2. The number of ketones is 1. The second-order valence-corrected chi connectivity index (χ2v) is 3.96. The molecule has 0 spiro atoms. The minimum absolute atomic E-state index is 0.210. The van der Waals surface area contributed by atoms with E-state index in [4.69, 9.17) is 0 Å². The molecule has 1 aliphatic rings. The van der Waals surface area contributed by atoms with Gasteiger partial charge in [0.2, 0.25) is 0 Å². The third-order valence-corrected chi connectivity index (χ3v) is 3.00. The lowest BCUT2D eigenvalue weighted by Gasteiger charge is -2.24. The van der Waals surface area contributed by atoms with E-state index in [1.54, 1.807) is 6.20 Å².